The monoisotopic (exact) mass is 276 g/mol. The van der Waals surface area contributed by atoms with Crippen LogP contribution in [0, 0.1) is 17.7 Å². The van der Waals surface area contributed by atoms with Gasteiger partial charge in [0, 0.05) is 44.1 Å². The van der Waals surface area contributed by atoms with Crippen LogP contribution in [0.2, 0.25) is 0 Å². The fourth-order valence-electron chi connectivity index (χ4n) is 3.34. The molecular formula is C16H21FN2O. The predicted octanol–water partition coefficient (Wildman–Crippen LogP) is 2.12. The van der Waals surface area contributed by atoms with Gasteiger partial charge in [0.05, 0.1) is 0 Å². The Morgan fingerprint density at radius 2 is 2.15 bits per heavy atom. The van der Waals surface area contributed by atoms with Crippen molar-refractivity contribution in [3.63, 3.8) is 0 Å². The molecular weight excluding hydrogens is 255 g/mol. The second-order valence-electron chi connectivity index (χ2n) is 6.28. The fourth-order valence-corrected chi connectivity index (χ4v) is 3.34. The molecule has 108 valence electrons. The molecule has 20 heavy (non-hydrogen) atoms. The molecule has 2 aliphatic heterocycles. The van der Waals surface area contributed by atoms with Gasteiger partial charge in [0.15, 0.2) is 0 Å². The van der Waals surface area contributed by atoms with Crippen LogP contribution in [-0.2, 0) is 11.3 Å². The zero-order valence-corrected chi connectivity index (χ0v) is 12.1. The molecule has 0 radical (unpaired) electrons. The van der Waals surface area contributed by atoms with Crippen molar-refractivity contribution in [2.24, 2.45) is 11.8 Å². The predicted molar refractivity (Wildman–Crippen MR) is 75.5 cm³/mol. The first-order valence-corrected chi connectivity index (χ1v) is 7.32. The summed E-state index contributed by atoms with van der Waals surface area (Å²) in [5, 5.41) is 0. The number of rotatable bonds is 3. The number of fused-ring (bicyclic) bond motifs is 1. The average molecular weight is 276 g/mol. The summed E-state index contributed by atoms with van der Waals surface area (Å²) >= 11 is 0. The van der Waals surface area contributed by atoms with Crippen LogP contribution in [0.25, 0.3) is 0 Å². The van der Waals surface area contributed by atoms with Crippen LogP contribution in [0.4, 0.5) is 4.39 Å². The van der Waals surface area contributed by atoms with Gasteiger partial charge in [0.2, 0.25) is 5.91 Å². The van der Waals surface area contributed by atoms with Gasteiger partial charge in [-0.3, -0.25) is 9.69 Å². The molecule has 2 heterocycles. The van der Waals surface area contributed by atoms with Crippen molar-refractivity contribution in [3.8, 4) is 0 Å². The van der Waals surface area contributed by atoms with Gasteiger partial charge in [-0.2, -0.15) is 0 Å². The largest absolute Gasteiger partial charge is 0.341 e. The Morgan fingerprint density at radius 3 is 2.85 bits per heavy atom. The van der Waals surface area contributed by atoms with Crippen LogP contribution in [0.1, 0.15) is 19.4 Å². The average Bonchev–Trinajstić information content (AvgIpc) is 2.73. The van der Waals surface area contributed by atoms with E-state index < -0.39 is 0 Å². The summed E-state index contributed by atoms with van der Waals surface area (Å²) in [6.45, 7) is 7.42. The Labute approximate surface area is 119 Å². The molecule has 2 unspecified atom stereocenters. The lowest BCUT2D eigenvalue weighted by Crippen LogP contribution is -2.54. The van der Waals surface area contributed by atoms with Gasteiger partial charge in [-0.25, -0.2) is 4.39 Å². The number of nitrogens with zero attached hydrogens (tertiary/aromatic N) is 2. The molecule has 3 rings (SSSR count). The molecule has 2 atom stereocenters. The Kier molecular flexibility index (Phi) is 3.50. The molecule has 1 aromatic rings. The minimum atomic E-state index is -0.178. The third-order valence-corrected chi connectivity index (χ3v) is 4.42. The van der Waals surface area contributed by atoms with Gasteiger partial charge in [-0.05, 0) is 17.7 Å². The highest BCUT2D eigenvalue weighted by Crippen LogP contribution is 2.34. The van der Waals surface area contributed by atoms with E-state index in [4.69, 9.17) is 0 Å². The van der Waals surface area contributed by atoms with Crippen molar-refractivity contribution in [1.82, 2.24) is 9.80 Å². The molecule has 0 N–H and O–H groups in total. The Bertz CT molecular complexity index is 517. The Balaban J connectivity index is 1.60. The summed E-state index contributed by atoms with van der Waals surface area (Å²) in [6.07, 6.45) is 0. The maximum atomic E-state index is 13.2. The van der Waals surface area contributed by atoms with E-state index in [1.54, 1.807) is 12.1 Å². The summed E-state index contributed by atoms with van der Waals surface area (Å²) in [7, 11) is 0. The molecule has 3 nitrogen and oxygen atoms in total. The molecule has 2 saturated heterocycles. The van der Waals surface area contributed by atoms with E-state index in [9.17, 15) is 9.18 Å². The van der Waals surface area contributed by atoms with Gasteiger partial charge >= 0.3 is 0 Å². The summed E-state index contributed by atoms with van der Waals surface area (Å²) < 4.78 is 13.2. The molecule has 0 bridgehead atoms. The SMILES string of the molecule is CC(C)C(=O)N1CC2CN(Cc3cccc(F)c3)C2C1. The lowest BCUT2D eigenvalue weighted by atomic mass is 9.91. The lowest BCUT2D eigenvalue weighted by Gasteiger charge is -2.43. The number of benzene rings is 1. The van der Waals surface area contributed by atoms with Gasteiger partial charge in [-0.15, -0.1) is 0 Å². The van der Waals surface area contributed by atoms with Crippen molar-refractivity contribution in [3.05, 3.63) is 35.6 Å². The third kappa shape index (κ3) is 2.44. The first-order chi connectivity index (χ1) is 9.54. The van der Waals surface area contributed by atoms with Crippen molar-refractivity contribution >= 4 is 5.91 Å². The minimum absolute atomic E-state index is 0.0733. The Hall–Kier alpha value is -1.42. The Morgan fingerprint density at radius 1 is 1.35 bits per heavy atom. The summed E-state index contributed by atoms with van der Waals surface area (Å²) in [5.41, 5.74) is 1.01. The maximum absolute atomic E-state index is 13.2. The van der Waals surface area contributed by atoms with Crippen molar-refractivity contribution < 1.29 is 9.18 Å². The van der Waals surface area contributed by atoms with E-state index in [0.29, 0.717) is 12.0 Å². The zero-order chi connectivity index (χ0) is 14.3. The van der Waals surface area contributed by atoms with E-state index in [1.807, 2.05) is 24.8 Å². The van der Waals surface area contributed by atoms with E-state index in [-0.39, 0.29) is 17.6 Å². The zero-order valence-electron chi connectivity index (χ0n) is 12.1. The number of likely N-dealkylation sites (tertiary alicyclic amines) is 2. The minimum Gasteiger partial charge on any atom is -0.341 e. The second-order valence-corrected chi connectivity index (χ2v) is 6.28. The molecule has 1 aromatic carbocycles. The highest BCUT2D eigenvalue weighted by Gasteiger charge is 2.46. The fraction of sp³-hybridized carbons (Fsp3) is 0.562. The van der Waals surface area contributed by atoms with Crippen LogP contribution >= 0.6 is 0 Å². The van der Waals surface area contributed by atoms with E-state index >= 15 is 0 Å². The normalized spacial score (nSPS) is 25.7. The van der Waals surface area contributed by atoms with E-state index in [1.165, 1.54) is 6.07 Å². The molecule has 1 amide bonds. The number of amides is 1. The second kappa shape index (κ2) is 5.17. The lowest BCUT2D eigenvalue weighted by molar-refractivity contribution is -0.133. The first-order valence-electron chi connectivity index (χ1n) is 7.32. The van der Waals surface area contributed by atoms with Crippen LogP contribution < -0.4 is 0 Å². The van der Waals surface area contributed by atoms with Gasteiger partial charge in [0.25, 0.3) is 0 Å². The van der Waals surface area contributed by atoms with Crippen molar-refractivity contribution in [2.45, 2.75) is 26.4 Å². The standard InChI is InChI=1S/C16H21FN2O/c1-11(2)16(20)19-9-13-8-18(15(13)10-19)7-12-4-3-5-14(17)6-12/h3-6,11,13,15H,7-10H2,1-2H3. The van der Waals surface area contributed by atoms with Crippen LogP contribution in [0.15, 0.2) is 24.3 Å². The number of carbonyl (C=O) groups excluding carboxylic acids is 1. The summed E-state index contributed by atoms with van der Waals surface area (Å²) in [5.74, 6) is 0.753. The van der Waals surface area contributed by atoms with Crippen molar-refractivity contribution in [2.75, 3.05) is 19.6 Å². The number of halogens is 1. The highest BCUT2D eigenvalue weighted by atomic mass is 19.1. The van der Waals surface area contributed by atoms with Crippen LogP contribution in [-0.4, -0.2) is 41.4 Å². The number of hydrogen-bond acceptors (Lipinski definition) is 2. The van der Waals surface area contributed by atoms with Gasteiger partial charge in [0.1, 0.15) is 5.82 Å². The quantitative estimate of drug-likeness (QED) is 0.844. The first kappa shape index (κ1) is 13.6. The molecule has 0 aliphatic carbocycles. The van der Waals surface area contributed by atoms with Crippen LogP contribution in [0.5, 0.6) is 0 Å². The smallest absolute Gasteiger partial charge is 0.225 e. The topological polar surface area (TPSA) is 23.6 Å². The highest BCUT2D eigenvalue weighted by molar-refractivity contribution is 5.78. The molecule has 0 aromatic heterocycles. The van der Waals surface area contributed by atoms with Gasteiger partial charge < -0.3 is 4.90 Å². The molecule has 2 fully saturated rings. The molecule has 0 saturated carbocycles. The van der Waals surface area contributed by atoms with Gasteiger partial charge in [-0.1, -0.05) is 26.0 Å². The van der Waals surface area contributed by atoms with E-state index in [0.717, 1.165) is 31.7 Å². The van der Waals surface area contributed by atoms with E-state index in [2.05, 4.69) is 4.90 Å². The third-order valence-electron chi connectivity index (χ3n) is 4.42. The summed E-state index contributed by atoms with van der Waals surface area (Å²) in [4.78, 5) is 16.4. The van der Waals surface area contributed by atoms with Crippen LogP contribution in [0.3, 0.4) is 0 Å². The molecule has 4 heteroatoms. The molecule has 2 aliphatic rings. The summed E-state index contributed by atoms with van der Waals surface area (Å²) in [6, 6.07) is 7.24. The molecule has 0 spiro atoms. The van der Waals surface area contributed by atoms with Crippen molar-refractivity contribution in [1.29, 1.82) is 0 Å². The number of hydrogen-bond donors (Lipinski definition) is 0. The number of carbonyl (C=O) groups is 1. The maximum Gasteiger partial charge on any atom is 0.225 e.